The van der Waals surface area contributed by atoms with E-state index < -0.39 is 0 Å². The van der Waals surface area contributed by atoms with E-state index in [1.54, 1.807) is 29.9 Å². The number of aromatic nitrogens is 2. The van der Waals surface area contributed by atoms with Crippen LogP contribution in [0, 0.1) is 0 Å². The van der Waals surface area contributed by atoms with Gasteiger partial charge in [0, 0.05) is 45.1 Å². The van der Waals surface area contributed by atoms with Gasteiger partial charge >= 0.3 is 6.03 Å². The Morgan fingerprint density at radius 2 is 2.14 bits per heavy atom. The summed E-state index contributed by atoms with van der Waals surface area (Å²) >= 11 is 1.68. The normalized spacial score (nSPS) is 14.9. The van der Waals surface area contributed by atoms with Gasteiger partial charge in [0.25, 0.3) is 0 Å². The first-order valence-electron chi connectivity index (χ1n) is 7.38. The van der Waals surface area contributed by atoms with Crippen LogP contribution in [0.5, 0.6) is 0 Å². The molecule has 1 saturated heterocycles. The molecule has 7 heteroatoms. The van der Waals surface area contributed by atoms with Gasteiger partial charge in [-0.05, 0) is 28.8 Å². The number of anilines is 1. The Morgan fingerprint density at radius 1 is 1.27 bits per heavy atom. The number of thiophene rings is 1. The van der Waals surface area contributed by atoms with E-state index >= 15 is 0 Å². The van der Waals surface area contributed by atoms with Crippen LogP contribution >= 0.6 is 11.3 Å². The lowest BCUT2D eigenvalue weighted by Gasteiger charge is -2.35. The fraction of sp³-hybridized carbons (Fsp3) is 0.400. The molecular weight excluding hydrogens is 298 g/mol. The minimum atomic E-state index is 0.0222. The van der Waals surface area contributed by atoms with Crippen molar-refractivity contribution in [3.05, 3.63) is 41.0 Å². The third kappa shape index (κ3) is 3.73. The average molecular weight is 317 g/mol. The summed E-state index contributed by atoms with van der Waals surface area (Å²) in [5.41, 5.74) is 1.28. The van der Waals surface area contributed by atoms with Gasteiger partial charge in [-0.3, -0.25) is 4.98 Å². The lowest BCUT2D eigenvalue weighted by atomic mass is 10.2. The maximum Gasteiger partial charge on any atom is 0.317 e. The first kappa shape index (κ1) is 14.8. The molecule has 0 aromatic carbocycles. The third-order valence-electron chi connectivity index (χ3n) is 3.71. The second-order valence-corrected chi connectivity index (χ2v) is 5.93. The van der Waals surface area contributed by atoms with Gasteiger partial charge in [0.2, 0.25) is 0 Å². The number of carbonyl (C=O) groups is 1. The second kappa shape index (κ2) is 7.22. The molecule has 2 aromatic heterocycles. The van der Waals surface area contributed by atoms with Crippen molar-refractivity contribution in [3.8, 4) is 0 Å². The summed E-state index contributed by atoms with van der Waals surface area (Å²) in [7, 11) is 0. The molecule has 2 amide bonds. The highest BCUT2D eigenvalue weighted by Crippen LogP contribution is 2.11. The molecule has 2 aromatic rings. The number of amides is 2. The summed E-state index contributed by atoms with van der Waals surface area (Å²) in [6.07, 6.45) is 6.00. The van der Waals surface area contributed by atoms with Crippen molar-refractivity contribution in [1.82, 2.24) is 20.2 Å². The van der Waals surface area contributed by atoms with E-state index in [0.29, 0.717) is 19.6 Å². The Kier molecular flexibility index (Phi) is 4.85. The fourth-order valence-electron chi connectivity index (χ4n) is 2.45. The van der Waals surface area contributed by atoms with Crippen molar-refractivity contribution < 1.29 is 4.79 Å². The smallest absolute Gasteiger partial charge is 0.317 e. The van der Waals surface area contributed by atoms with E-state index in [4.69, 9.17) is 0 Å². The Bertz CT molecular complexity index is 581. The summed E-state index contributed by atoms with van der Waals surface area (Å²) in [6.45, 7) is 3.68. The van der Waals surface area contributed by atoms with Gasteiger partial charge in [0.15, 0.2) is 0 Å². The molecule has 0 saturated carbocycles. The molecule has 3 rings (SSSR count). The molecule has 0 radical (unpaired) electrons. The summed E-state index contributed by atoms with van der Waals surface area (Å²) in [5.74, 6) is 0.875. The Morgan fingerprint density at radius 3 is 2.82 bits per heavy atom. The molecule has 1 fully saturated rings. The van der Waals surface area contributed by atoms with Gasteiger partial charge in [0.05, 0.1) is 6.20 Å². The zero-order valence-corrected chi connectivity index (χ0v) is 13.1. The maximum atomic E-state index is 12.1. The van der Waals surface area contributed by atoms with Crippen LogP contribution in [-0.2, 0) is 6.42 Å². The summed E-state index contributed by atoms with van der Waals surface area (Å²) in [4.78, 5) is 24.5. The van der Waals surface area contributed by atoms with Gasteiger partial charge in [0.1, 0.15) is 5.82 Å². The average Bonchev–Trinajstić information content (AvgIpc) is 3.09. The molecule has 0 spiro atoms. The summed E-state index contributed by atoms with van der Waals surface area (Å²) < 4.78 is 0. The highest BCUT2D eigenvalue weighted by molar-refractivity contribution is 7.07. The van der Waals surface area contributed by atoms with Crippen molar-refractivity contribution in [1.29, 1.82) is 0 Å². The highest BCUT2D eigenvalue weighted by Gasteiger charge is 2.21. The molecule has 1 aliphatic rings. The number of carbonyl (C=O) groups excluding carboxylic acids is 1. The number of urea groups is 1. The minimum absolute atomic E-state index is 0.0222. The zero-order chi connectivity index (χ0) is 15.2. The van der Waals surface area contributed by atoms with E-state index in [1.165, 1.54) is 5.56 Å². The van der Waals surface area contributed by atoms with Crippen molar-refractivity contribution in [2.24, 2.45) is 0 Å². The van der Waals surface area contributed by atoms with Crippen LogP contribution in [0.1, 0.15) is 5.56 Å². The fourth-order valence-corrected chi connectivity index (χ4v) is 3.16. The monoisotopic (exact) mass is 317 g/mol. The van der Waals surface area contributed by atoms with Crippen molar-refractivity contribution >= 4 is 23.2 Å². The molecular formula is C15H19N5OS. The van der Waals surface area contributed by atoms with Gasteiger partial charge < -0.3 is 15.1 Å². The number of nitrogens with zero attached hydrogens (tertiary/aromatic N) is 4. The standard InChI is InChI=1S/C15H19N5OS/c21-15(18-3-1-13-2-10-22-12-13)20-8-6-19(7-9-20)14-11-16-4-5-17-14/h2,4-5,10-12H,1,3,6-9H2,(H,18,21). The zero-order valence-electron chi connectivity index (χ0n) is 12.3. The summed E-state index contributed by atoms with van der Waals surface area (Å²) in [5, 5.41) is 7.17. The van der Waals surface area contributed by atoms with Gasteiger partial charge in [-0.1, -0.05) is 0 Å². The number of hydrogen-bond donors (Lipinski definition) is 1. The molecule has 6 nitrogen and oxygen atoms in total. The van der Waals surface area contributed by atoms with Crippen LogP contribution in [0.4, 0.5) is 10.6 Å². The van der Waals surface area contributed by atoms with E-state index in [2.05, 4.69) is 37.0 Å². The lowest BCUT2D eigenvalue weighted by molar-refractivity contribution is 0.194. The van der Waals surface area contributed by atoms with Crippen molar-refractivity contribution in [2.45, 2.75) is 6.42 Å². The van der Waals surface area contributed by atoms with E-state index in [1.807, 2.05) is 4.90 Å². The van der Waals surface area contributed by atoms with Crippen molar-refractivity contribution in [3.63, 3.8) is 0 Å². The maximum absolute atomic E-state index is 12.1. The SMILES string of the molecule is O=C(NCCc1ccsc1)N1CCN(c2cnccn2)CC1. The van der Waals surface area contributed by atoms with Gasteiger partial charge in [-0.25, -0.2) is 9.78 Å². The lowest BCUT2D eigenvalue weighted by Crippen LogP contribution is -2.52. The number of rotatable bonds is 4. The number of hydrogen-bond acceptors (Lipinski definition) is 5. The first-order valence-corrected chi connectivity index (χ1v) is 8.32. The largest absolute Gasteiger partial charge is 0.352 e. The van der Waals surface area contributed by atoms with Crippen LogP contribution in [0.2, 0.25) is 0 Å². The Labute approximate surface area is 133 Å². The minimum Gasteiger partial charge on any atom is -0.352 e. The number of nitrogens with one attached hydrogen (secondary N) is 1. The Balaban J connectivity index is 1.42. The molecule has 0 unspecified atom stereocenters. The van der Waals surface area contributed by atoms with Crippen LogP contribution in [-0.4, -0.2) is 53.6 Å². The molecule has 0 aliphatic carbocycles. The molecule has 1 N–H and O–H groups in total. The van der Waals surface area contributed by atoms with Crippen LogP contribution in [0.3, 0.4) is 0 Å². The summed E-state index contributed by atoms with van der Waals surface area (Å²) in [6, 6.07) is 2.12. The van der Waals surface area contributed by atoms with E-state index in [-0.39, 0.29) is 6.03 Å². The van der Waals surface area contributed by atoms with Crippen molar-refractivity contribution in [2.75, 3.05) is 37.6 Å². The van der Waals surface area contributed by atoms with Gasteiger partial charge in [-0.2, -0.15) is 11.3 Å². The number of piperazine rings is 1. The van der Waals surface area contributed by atoms with Crippen LogP contribution in [0.15, 0.2) is 35.4 Å². The Hall–Kier alpha value is -2.15. The molecule has 1 aliphatic heterocycles. The van der Waals surface area contributed by atoms with Crippen LogP contribution < -0.4 is 10.2 Å². The molecule has 0 bridgehead atoms. The molecule has 116 valence electrons. The molecule has 0 atom stereocenters. The quantitative estimate of drug-likeness (QED) is 0.931. The van der Waals surface area contributed by atoms with Crippen LogP contribution in [0.25, 0.3) is 0 Å². The molecule has 22 heavy (non-hydrogen) atoms. The second-order valence-electron chi connectivity index (χ2n) is 5.15. The topological polar surface area (TPSA) is 61.4 Å². The third-order valence-corrected chi connectivity index (χ3v) is 4.44. The van der Waals surface area contributed by atoms with Gasteiger partial charge in [-0.15, -0.1) is 0 Å². The molecule has 3 heterocycles. The van der Waals surface area contributed by atoms with E-state index in [9.17, 15) is 4.79 Å². The predicted octanol–water partition coefficient (Wildman–Crippen LogP) is 1.61. The van der Waals surface area contributed by atoms with E-state index in [0.717, 1.165) is 25.3 Å². The highest BCUT2D eigenvalue weighted by atomic mass is 32.1. The first-order chi connectivity index (χ1) is 10.8. The predicted molar refractivity (Wildman–Crippen MR) is 87.2 cm³/mol.